The fourth-order valence-corrected chi connectivity index (χ4v) is 2.82. The molecule has 2 aliphatic heterocycles. The van der Waals surface area contributed by atoms with E-state index < -0.39 is 0 Å². The SMILES string of the molecule is OC1=C2CCc3ccccc3N2NN1c1ccc(F)cc1. The Hall–Kier alpha value is -2.53. The van der Waals surface area contributed by atoms with E-state index >= 15 is 0 Å². The highest BCUT2D eigenvalue weighted by atomic mass is 19.1. The number of benzene rings is 2. The van der Waals surface area contributed by atoms with Crippen molar-refractivity contribution in [3.8, 4) is 0 Å². The molecule has 0 fully saturated rings. The number of nitrogens with zero attached hydrogens (tertiary/aromatic N) is 2. The Kier molecular flexibility index (Phi) is 2.62. The van der Waals surface area contributed by atoms with Gasteiger partial charge in [-0.25, -0.2) is 9.40 Å². The summed E-state index contributed by atoms with van der Waals surface area (Å²) in [5, 5.41) is 13.9. The number of hydrogen-bond donors (Lipinski definition) is 2. The van der Waals surface area contributed by atoms with Crippen molar-refractivity contribution in [1.82, 2.24) is 5.53 Å². The lowest BCUT2D eigenvalue weighted by Crippen LogP contribution is -2.43. The van der Waals surface area contributed by atoms with Crippen molar-refractivity contribution in [2.75, 3.05) is 10.0 Å². The van der Waals surface area contributed by atoms with Crippen LogP contribution in [0.1, 0.15) is 12.0 Å². The molecule has 0 amide bonds. The number of anilines is 2. The zero-order valence-corrected chi connectivity index (χ0v) is 11.3. The molecule has 4 rings (SSSR count). The van der Waals surface area contributed by atoms with Gasteiger partial charge in [0, 0.05) is 0 Å². The number of aliphatic hydroxyl groups excluding tert-OH is 1. The van der Waals surface area contributed by atoms with Gasteiger partial charge in [-0.2, -0.15) is 0 Å². The van der Waals surface area contributed by atoms with Gasteiger partial charge in [0.25, 0.3) is 0 Å². The van der Waals surface area contributed by atoms with Gasteiger partial charge < -0.3 is 5.11 Å². The van der Waals surface area contributed by atoms with E-state index in [0.717, 1.165) is 24.2 Å². The molecule has 2 aliphatic rings. The lowest BCUT2D eigenvalue weighted by Gasteiger charge is -2.29. The summed E-state index contributed by atoms with van der Waals surface area (Å²) < 4.78 is 13.0. The van der Waals surface area contributed by atoms with E-state index in [4.69, 9.17) is 0 Å². The summed E-state index contributed by atoms with van der Waals surface area (Å²) in [6.45, 7) is 0. The second-order valence-electron chi connectivity index (χ2n) is 5.15. The predicted molar refractivity (Wildman–Crippen MR) is 78.9 cm³/mol. The maximum atomic E-state index is 13.0. The van der Waals surface area contributed by atoms with Crippen molar-refractivity contribution in [3.05, 3.63) is 71.5 Å². The molecule has 2 heterocycles. The summed E-state index contributed by atoms with van der Waals surface area (Å²) in [5.74, 6) is -0.135. The molecule has 0 bridgehead atoms. The highest BCUT2D eigenvalue weighted by molar-refractivity contribution is 5.65. The van der Waals surface area contributed by atoms with Crippen LogP contribution < -0.4 is 15.6 Å². The Labute approximate surface area is 121 Å². The molecule has 106 valence electrons. The van der Waals surface area contributed by atoms with Gasteiger partial charge in [-0.1, -0.05) is 18.2 Å². The van der Waals surface area contributed by atoms with Gasteiger partial charge in [0.15, 0.2) is 0 Å². The first-order valence-corrected chi connectivity index (χ1v) is 6.86. The molecule has 0 saturated carbocycles. The maximum absolute atomic E-state index is 13.0. The number of hydrogen-bond acceptors (Lipinski definition) is 4. The van der Waals surface area contributed by atoms with E-state index in [9.17, 15) is 9.50 Å². The Morgan fingerprint density at radius 1 is 0.952 bits per heavy atom. The molecule has 2 aromatic carbocycles. The Morgan fingerprint density at radius 2 is 1.71 bits per heavy atom. The summed E-state index contributed by atoms with van der Waals surface area (Å²) in [6, 6.07) is 14.1. The summed E-state index contributed by atoms with van der Waals surface area (Å²) in [5.41, 5.74) is 6.95. The number of aryl methyl sites for hydroxylation is 1. The smallest absolute Gasteiger partial charge is 0.229 e. The summed E-state index contributed by atoms with van der Waals surface area (Å²) >= 11 is 0. The average molecular weight is 283 g/mol. The van der Waals surface area contributed by atoms with Gasteiger partial charge in [0.2, 0.25) is 5.88 Å². The summed E-state index contributed by atoms with van der Waals surface area (Å²) in [4.78, 5) is 0. The predicted octanol–water partition coefficient (Wildman–Crippen LogP) is 3.25. The minimum absolute atomic E-state index is 0.163. The van der Waals surface area contributed by atoms with Crippen LogP contribution in [0, 0.1) is 5.82 Å². The molecular weight excluding hydrogens is 269 g/mol. The van der Waals surface area contributed by atoms with E-state index in [1.165, 1.54) is 17.7 Å². The van der Waals surface area contributed by atoms with Gasteiger partial charge in [0.1, 0.15) is 5.82 Å². The van der Waals surface area contributed by atoms with Crippen LogP contribution in [0.4, 0.5) is 15.8 Å². The van der Waals surface area contributed by atoms with Crippen molar-refractivity contribution in [3.63, 3.8) is 0 Å². The van der Waals surface area contributed by atoms with E-state index in [2.05, 4.69) is 11.6 Å². The summed E-state index contributed by atoms with van der Waals surface area (Å²) in [7, 11) is 0. The molecule has 5 heteroatoms. The molecule has 0 atom stereocenters. The third-order valence-corrected chi connectivity index (χ3v) is 3.89. The Balaban J connectivity index is 1.74. The van der Waals surface area contributed by atoms with Crippen molar-refractivity contribution < 1.29 is 9.50 Å². The molecule has 0 radical (unpaired) electrons. The number of halogens is 1. The van der Waals surface area contributed by atoms with Crippen molar-refractivity contribution in [2.24, 2.45) is 0 Å². The first-order valence-electron chi connectivity index (χ1n) is 6.86. The second-order valence-corrected chi connectivity index (χ2v) is 5.15. The van der Waals surface area contributed by atoms with Crippen LogP contribution >= 0.6 is 0 Å². The number of rotatable bonds is 1. The second kappa shape index (κ2) is 4.49. The largest absolute Gasteiger partial charge is 0.492 e. The number of para-hydroxylation sites is 1. The Bertz CT molecular complexity index is 727. The molecule has 2 N–H and O–H groups in total. The Morgan fingerprint density at radius 3 is 2.52 bits per heavy atom. The quantitative estimate of drug-likeness (QED) is 0.842. The molecule has 0 unspecified atom stereocenters. The molecule has 0 aromatic heterocycles. The lowest BCUT2D eigenvalue weighted by molar-refractivity contribution is 0.386. The number of aliphatic hydroxyl groups is 1. The molecule has 21 heavy (non-hydrogen) atoms. The number of allylic oxidation sites excluding steroid dienone is 1. The topological polar surface area (TPSA) is 38.7 Å². The van der Waals surface area contributed by atoms with Crippen molar-refractivity contribution in [2.45, 2.75) is 12.8 Å². The average Bonchev–Trinajstić information content (AvgIpc) is 2.86. The van der Waals surface area contributed by atoms with E-state index in [0.29, 0.717) is 5.69 Å². The number of hydrazine groups is 2. The van der Waals surface area contributed by atoms with E-state index in [1.54, 1.807) is 17.1 Å². The van der Waals surface area contributed by atoms with E-state index in [-0.39, 0.29) is 11.7 Å². The highest BCUT2D eigenvalue weighted by Gasteiger charge is 2.34. The molecule has 4 nitrogen and oxygen atoms in total. The standard InChI is InChI=1S/C16H14FN3O/c17-12-6-8-13(9-7-12)19-16(21)15-10-5-11-3-1-2-4-14(11)20(15)18-19/h1-4,6-9,18,21H,5,10H2. The van der Waals surface area contributed by atoms with Crippen molar-refractivity contribution in [1.29, 1.82) is 0 Å². The van der Waals surface area contributed by atoms with Gasteiger partial charge >= 0.3 is 0 Å². The fourth-order valence-electron chi connectivity index (χ4n) is 2.82. The molecule has 2 aromatic rings. The maximum Gasteiger partial charge on any atom is 0.229 e. The molecule has 0 spiro atoms. The van der Waals surface area contributed by atoms with Crippen LogP contribution in [0.3, 0.4) is 0 Å². The van der Waals surface area contributed by atoms with Crippen LogP contribution in [-0.2, 0) is 6.42 Å². The zero-order chi connectivity index (χ0) is 14.4. The van der Waals surface area contributed by atoms with Crippen LogP contribution in [0.5, 0.6) is 0 Å². The first kappa shape index (κ1) is 12.2. The molecule has 0 aliphatic carbocycles. The van der Waals surface area contributed by atoms with Crippen molar-refractivity contribution >= 4 is 11.4 Å². The third kappa shape index (κ3) is 1.86. The zero-order valence-electron chi connectivity index (χ0n) is 11.3. The van der Waals surface area contributed by atoms with E-state index in [1.807, 2.05) is 23.2 Å². The molecule has 0 saturated heterocycles. The van der Waals surface area contributed by atoms with Gasteiger partial charge in [0.05, 0.1) is 17.1 Å². The van der Waals surface area contributed by atoms with Gasteiger partial charge in [-0.05, 0) is 48.7 Å². The highest BCUT2D eigenvalue weighted by Crippen LogP contribution is 2.37. The van der Waals surface area contributed by atoms with Crippen LogP contribution in [0.15, 0.2) is 60.1 Å². The minimum Gasteiger partial charge on any atom is -0.492 e. The van der Waals surface area contributed by atoms with Gasteiger partial charge in [-0.3, -0.25) is 5.01 Å². The normalized spacial score (nSPS) is 17.0. The number of fused-ring (bicyclic) bond motifs is 3. The monoisotopic (exact) mass is 283 g/mol. The number of nitrogens with one attached hydrogen (secondary N) is 1. The fraction of sp³-hybridized carbons (Fsp3) is 0.125. The minimum atomic E-state index is -0.298. The van der Waals surface area contributed by atoms with Crippen LogP contribution in [0.2, 0.25) is 0 Å². The third-order valence-electron chi connectivity index (χ3n) is 3.89. The lowest BCUT2D eigenvalue weighted by atomic mass is 10.0. The van der Waals surface area contributed by atoms with Crippen LogP contribution in [0.25, 0.3) is 0 Å². The molecular formula is C16H14FN3O. The first-order chi connectivity index (χ1) is 10.2. The summed E-state index contributed by atoms with van der Waals surface area (Å²) in [6.07, 6.45) is 1.65. The van der Waals surface area contributed by atoms with Gasteiger partial charge in [-0.15, -0.1) is 5.53 Å². The van der Waals surface area contributed by atoms with Crippen LogP contribution in [-0.4, -0.2) is 5.11 Å².